The molecule has 6 heteroatoms. The lowest BCUT2D eigenvalue weighted by Crippen LogP contribution is -1.96. The van der Waals surface area contributed by atoms with Crippen molar-refractivity contribution in [2.75, 3.05) is 21.3 Å². The zero-order chi connectivity index (χ0) is 14.0. The summed E-state index contributed by atoms with van der Waals surface area (Å²) < 4.78 is 17.2. The van der Waals surface area contributed by atoms with Crippen molar-refractivity contribution < 1.29 is 14.2 Å². The van der Waals surface area contributed by atoms with E-state index in [2.05, 4.69) is 22.2 Å². The van der Waals surface area contributed by atoms with E-state index in [0.29, 0.717) is 17.2 Å². The molecule has 0 saturated heterocycles. The Hall–Kier alpha value is -1.27. The number of aromatic nitrogens is 1. The molecular weight excluding hydrogens is 278 g/mol. The monoisotopic (exact) mass is 294 g/mol. The first-order valence-corrected chi connectivity index (χ1v) is 7.36. The highest BCUT2D eigenvalue weighted by atomic mass is 32.1. The van der Waals surface area contributed by atoms with Gasteiger partial charge >= 0.3 is 0 Å². The number of methoxy groups -OCH3 is 3. The number of fused-ring (bicyclic) bond motifs is 1. The molecule has 3 radical (unpaired) electrons. The molecule has 0 saturated carbocycles. The van der Waals surface area contributed by atoms with Crippen LogP contribution in [0.15, 0.2) is 6.07 Å². The Balaban J connectivity index is 2.69. The Bertz CT molecular complexity index is 585. The predicted molar refractivity (Wildman–Crippen MR) is 78.1 cm³/mol. The summed E-state index contributed by atoms with van der Waals surface area (Å²) in [5.41, 5.74) is 1.07. The van der Waals surface area contributed by atoms with Gasteiger partial charge < -0.3 is 14.2 Å². The van der Waals surface area contributed by atoms with Crippen molar-refractivity contribution in [3.63, 3.8) is 0 Å². The van der Waals surface area contributed by atoms with Gasteiger partial charge in [0.1, 0.15) is 5.52 Å². The van der Waals surface area contributed by atoms with Crippen molar-refractivity contribution in [3.05, 3.63) is 11.1 Å². The van der Waals surface area contributed by atoms with Gasteiger partial charge in [0.15, 0.2) is 11.5 Å². The summed E-state index contributed by atoms with van der Waals surface area (Å²) in [6.45, 7) is 2.11. The molecule has 19 heavy (non-hydrogen) atoms. The van der Waals surface area contributed by atoms with Crippen molar-refractivity contribution in [1.29, 1.82) is 0 Å². The molecule has 0 bridgehead atoms. The highest BCUT2D eigenvalue weighted by molar-refractivity contribution is 7.18. The van der Waals surface area contributed by atoms with Crippen LogP contribution in [0.3, 0.4) is 0 Å². The predicted octanol–water partition coefficient (Wildman–Crippen LogP) is 2.94. The smallest absolute Gasteiger partial charge is 0.205 e. The Morgan fingerprint density at radius 1 is 1.21 bits per heavy atom. The van der Waals surface area contributed by atoms with Crippen LogP contribution in [0.5, 0.6) is 17.2 Å². The minimum atomic E-state index is 0.249. The molecule has 1 heterocycles. The van der Waals surface area contributed by atoms with Crippen LogP contribution in [-0.4, -0.2) is 36.6 Å². The van der Waals surface area contributed by atoms with Gasteiger partial charge in [0.25, 0.3) is 0 Å². The average molecular weight is 294 g/mol. The molecular formula is C13H16NO3SSi. The Kier molecular flexibility index (Phi) is 4.31. The molecule has 1 aromatic carbocycles. The SMILES string of the molecule is CCC([Si])c1nc2c(OC)c(OC)c(OC)cc2s1. The summed E-state index contributed by atoms with van der Waals surface area (Å²) in [6, 6.07) is 1.94. The van der Waals surface area contributed by atoms with Gasteiger partial charge in [0.2, 0.25) is 5.75 Å². The van der Waals surface area contributed by atoms with Gasteiger partial charge in [-0.1, -0.05) is 13.3 Å². The summed E-state index contributed by atoms with van der Waals surface area (Å²) in [4.78, 5) is 4.65. The quantitative estimate of drug-likeness (QED) is 0.795. The average Bonchev–Trinajstić information content (AvgIpc) is 2.87. The molecule has 101 valence electrons. The van der Waals surface area contributed by atoms with Gasteiger partial charge in [-0.2, -0.15) is 0 Å². The second kappa shape index (κ2) is 5.79. The van der Waals surface area contributed by atoms with Crippen molar-refractivity contribution in [2.24, 2.45) is 0 Å². The Morgan fingerprint density at radius 3 is 2.42 bits per heavy atom. The number of benzene rings is 1. The van der Waals surface area contributed by atoms with Crippen LogP contribution >= 0.6 is 11.3 Å². The van der Waals surface area contributed by atoms with Crippen LogP contribution in [0.2, 0.25) is 0 Å². The molecule has 0 aliphatic rings. The number of hydrogen-bond donors (Lipinski definition) is 0. The molecule has 1 unspecified atom stereocenters. The number of rotatable bonds is 5. The first kappa shape index (κ1) is 14.1. The van der Waals surface area contributed by atoms with E-state index in [1.54, 1.807) is 32.7 Å². The fourth-order valence-electron chi connectivity index (χ4n) is 1.87. The summed E-state index contributed by atoms with van der Waals surface area (Å²) in [6.07, 6.45) is 0.979. The van der Waals surface area contributed by atoms with E-state index in [0.717, 1.165) is 21.6 Å². The minimum absolute atomic E-state index is 0.249. The zero-order valence-electron chi connectivity index (χ0n) is 11.4. The number of hydrogen-bond acceptors (Lipinski definition) is 5. The third-order valence-electron chi connectivity index (χ3n) is 2.91. The van der Waals surface area contributed by atoms with Crippen LogP contribution in [-0.2, 0) is 0 Å². The maximum absolute atomic E-state index is 5.44. The molecule has 0 amide bonds. The lowest BCUT2D eigenvalue weighted by atomic mass is 10.2. The molecule has 0 spiro atoms. The summed E-state index contributed by atoms with van der Waals surface area (Å²) in [5.74, 6) is 1.86. The van der Waals surface area contributed by atoms with E-state index < -0.39 is 0 Å². The van der Waals surface area contributed by atoms with Gasteiger partial charge in [-0.05, 0) is 5.54 Å². The number of nitrogens with zero attached hydrogens (tertiary/aromatic N) is 1. The zero-order valence-corrected chi connectivity index (χ0v) is 13.3. The highest BCUT2D eigenvalue weighted by Crippen LogP contribution is 2.45. The van der Waals surface area contributed by atoms with Crippen molar-refractivity contribution in [1.82, 2.24) is 4.98 Å². The van der Waals surface area contributed by atoms with Gasteiger partial charge in [-0.3, -0.25) is 0 Å². The lowest BCUT2D eigenvalue weighted by molar-refractivity contribution is 0.327. The normalized spacial score (nSPS) is 12.5. The van der Waals surface area contributed by atoms with Crippen molar-refractivity contribution in [2.45, 2.75) is 18.9 Å². The Labute approximate surface area is 120 Å². The molecule has 1 aromatic heterocycles. The highest BCUT2D eigenvalue weighted by Gasteiger charge is 2.20. The first-order valence-electron chi connectivity index (χ1n) is 5.96. The lowest BCUT2D eigenvalue weighted by Gasteiger charge is -2.11. The molecule has 0 aliphatic carbocycles. The van der Waals surface area contributed by atoms with Crippen LogP contribution in [0.1, 0.15) is 23.9 Å². The standard InChI is InChI=1S/C13H16NO3SSi/c1-5-9(19)13-14-10-8(18-13)6-7(15-2)11(16-3)12(10)17-4/h6,9H,5H2,1-4H3. The van der Waals surface area contributed by atoms with E-state index in [9.17, 15) is 0 Å². The van der Waals surface area contributed by atoms with Gasteiger partial charge in [0, 0.05) is 16.3 Å². The molecule has 0 fully saturated rings. The van der Waals surface area contributed by atoms with Gasteiger partial charge in [-0.15, -0.1) is 11.3 Å². The number of ether oxygens (including phenoxy) is 3. The fourth-order valence-corrected chi connectivity index (χ4v) is 3.19. The first-order chi connectivity index (χ1) is 9.15. The minimum Gasteiger partial charge on any atom is -0.493 e. The third-order valence-corrected chi connectivity index (χ3v) is 4.92. The van der Waals surface area contributed by atoms with E-state index in [4.69, 9.17) is 14.2 Å². The van der Waals surface area contributed by atoms with Crippen molar-refractivity contribution in [3.8, 4) is 17.2 Å². The maximum Gasteiger partial charge on any atom is 0.205 e. The number of thiazole rings is 1. The van der Waals surface area contributed by atoms with E-state index in [1.807, 2.05) is 6.07 Å². The van der Waals surface area contributed by atoms with E-state index in [-0.39, 0.29) is 5.54 Å². The third kappa shape index (κ3) is 2.42. The van der Waals surface area contributed by atoms with Crippen molar-refractivity contribution >= 4 is 31.8 Å². The second-order valence-electron chi connectivity index (χ2n) is 4.01. The van der Waals surface area contributed by atoms with Gasteiger partial charge in [0.05, 0.1) is 31.0 Å². The molecule has 0 N–H and O–H groups in total. The molecule has 2 aromatic rings. The van der Waals surface area contributed by atoms with Gasteiger partial charge in [-0.25, -0.2) is 4.98 Å². The fraction of sp³-hybridized carbons (Fsp3) is 0.462. The van der Waals surface area contributed by atoms with E-state index >= 15 is 0 Å². The maximum atomic E-state index is 5.44. The molecule has 2 rings (SSSR count). The Morgan fingerprint density at radius 2 is 1.89 bits per heavy atom. The van der Waals surface area contributed by atoms with Crippen LogP contribution < -0.4 is 14.2 Å². The topological polar surface area (TPSA) is 40.6 Å². The second-order valence-corrected chi connectivity index (χ2v) is 5.76. The van der Waals surface area contributed by atoms with Crippen LogP contribution in [0, 0.1) is 0 Å². The molecule has 1 atom stereocenters. The van der Waals surface area contributed by atoms with E-state index in [1.165, 1.54) is 0 Å². The van der Waals surface area contributed by atoms with Crippen LogP contribution in [0.4, 0.5) is 0 Å². The largest absolute Gasteiger partial charge is 0.493 e. The summed E-state index contributed by atoms with van der Waals surface area (Å²) >= 11 is 1.63. The summed E-state index contributed by atoms with van der Waals surface area (Å²) in [5, 5.41) is 1.03. The molecule has 0 aliphatic heterocycles. The summed E-state index contributed by atoms with van der Waals surface area (Å²) in [7, 11) is 8.50. The van der Waals surface area contributed by atoms with Crippen LogP contribution in [0.25, 0.3) is 10.2 Å². The molecule has 4 nitrogen and oxygen atoms in total.